The van der Waals surface area contributed by atoms with Gasteiger partial charge in [-0.1, -0.05) is 11.6 Å². The predicted octanol–water partition coefficient (Wildman–Crippen LogP) is 3.86. The minimum atomic E-state index is -0.636. The van der Waals surface area contributed by atoms with Crippen molar-refractivity contribution in [1.29, 1.82) is 0 Å². The first-order chi connectivity index (χ1) is 15.9. The van der Waals surface area contributed by atoms with E-state index >= 15 is 0 Å². The summed E-state index contributed by atoms with van der Waals surface area (Å²) < 4.78 is 7.48. The predicted molar refractivity (Wildman–Crippen MR) is 132 cm³/mol. The molecule has 174 valence electrons. The average molecular weight is 478 g/mol. The first-order valence-corrected chi connectivity index (χ1v) is 12.9. The summed E-state index contributed by atoms with van der Waals surface area (Å²) in [5, 5.41) is 4.38. The maximum Gasteiger partial charge on any atom is 0.268 e. The zero-order chi connectivity index (χ0) is 23.4. The summed E-state index contributed by atoms with van der Waals surface area (Å²) in [5.74, 6) is 1.51. The molecule has 0 spiro atoms. The Balaban J connectivity index is 1.37. The number of fused-ring (bicyclic) bond motifs is 1. The quantitative estimate of drug-likeness (QED) is 0.662. The number of hydrogen-bond donors (Lipinski definition) is 2. The van der Waals surface area contributed by atoms with Gasteiger partial charge in [-0.05, 0) is 88.2 Å². The Hall–Kier alpha value is -1.70. The van der Waals surface area contributed by atoms with Crippen molar-refractivity contribution >= 4 is 46.1 Å². The molecule has 6 nitrogen and oxygen atoms in total. The molecule has 2 aliphatic rings. The second kappa shape index (κ2) is 10.5. The van der Waals surface area contributed by atoms with Gasteiger partial charge in [0.25, 0.3) is 5.91 Å². The molecule has 0 saturated carbocycles. The number of nitrogens with one attached hydrogen (secondary N) is 2. The second-order valence-corrected chi connectivity index (χ2v) is 10.3. The second-order valence-electron chi connectivity index (χ2n) is 9.11. The highest BCUT2D eigenvalue weighted by Crippen LogP contribution is 2.32. The van der Waals surface area contributed by atoms with Gasteiger partial charge in [0.05, 0.1) is 0 Å². The SMILES string of the molecule is [2H]CSC[C@H](NC(=O)c1cc2cc(Cl)ccc2[nH]1)C(=O)N1CCC(C2CCN(C)CC2)CC1. The summed E-state index contributed by atoms with van der Waals surface area (Å²) in [7, 11) is 2.19. The molecule has 0 unspecified atom stereocenters. The van der Waals surface area contributed by atoms with Crippen LogP contribution in [0.25, 0.3) is 10.9 Å². The number of likely N-dealkylation sites (tertiary alicyclic amines) is 2. The molecule has 0 radical (unpaired) electrons. The van der Waals surface area contributed by atoms with Gasteiger partial charge in [-0.25, -0.2) is 0 Å². The maximum absolute atomic E-state index is 13.3. The molecule has 3 heterocycles. The smallest absolute Gasteiger partial charge is 0.268 e. The highest BCUT2D eigenvalue weighted by atomic mass is 35.5. The van der Waals surface area contributed by atoms with Crippen LogP contribution in [0.4, 0.5) is 0 Å². The number of thioether (sulfide) groups is 1. The van der Waals surface area contributed by atoms with Crippen LogP contribution in [0.1, 0.15) is 37.5 Å². The van der Waals surface area contributed by atoms with Crippen LogP contribution in [-0.4, -0.2) is 77.9 Å². The van der Waals surface area contributed by atoms with Crippen molar-refractivity contribution in [3.05, 3.63) is 35.0 Å². The fraction of sp³-hybridized carbons (Fsp3) is 0.583. The standard InChI is InChI=1S/C24H33ClN4O2S/c1-28-9-5-16(6-10-28)17-7-11-29(12-8-17)24(31)22(15-32-2)27-23(30)21-14-18-13-19(25)3-4-20(18)26-21/h3-4,13-14,16-17,22,26H,5-12,15H2,1-2H3,(H,27,30)/t22-/m0/s1/i2D. The lowest BCUT2D eigenvalue weighted by molar-refractivity contribution is -0.134. The third kappa shape index (κ3) is 5.43. The number of aromatic nitrogens is 1. The molecule has 2 saturated heterocycles. The van der Waals surface area contributed by atoms with Crippen molar-refractivity contribution in [2.45, 2.75) is 31.7 Å². The lowest BCUT2D eigenvalue weighted by atomic mass is 9.79. The van der Waals surface area contributed by atoms with E-state index < -0.39 is 6.04 Å². The summed E-state index contributed by atoms with van der Waals surface area (Å²) in [5.41, 5.74) is 1.23. The van der Waals surface area contributed by atoms with Crippen LogP contribution < -0.4 is 5.32 Å². The third-order valence-electron chi connectivity index (χ3n) is 7.00. The lowest BCUT2D eigenvalue weighted by Gasteiger charge is -2.40. The van der Waals surface area contributed by atoms with Crippen molar-refractivity contribution in [3.8, 4) is 0 Å². The normalized spacial score (nSPS) is 20.3. The summed E-state index contributed by atoms with van der Waals surface area (Å²) in [6, 6.07) is 6.53. The molecule has 0 aliphatic carbocycles. The molecule has 2 fully saturated rings. The highest BCUT2D eigenvalue weighted by Gasteiger charge is 2.33. The number of benzene rings is 1. The molecule has 2 amide bonds. The summed E-state index contributed by atoms with van der Waals surface area (Å²) >= 11 is 7.40. The third-order valence-corrected chi connectivity index (χ3v) is 7.80. The monoisotopic (exact) mass is 477 g/mol. The molecule has 1 aromatic carbocycles. The molecule has 4 rings (SSSR count). The van der Waals surface area contributed by atoms with E-state index in [1.807, 2.05) is 11.0 Å². The van der Waals surface area contributed by atoms with E-state index in [0.717, 1.165) is 42.8 Å². The summed E-state index contributed by atoms with van der Waals surface area (Å²) in [6.07, 6.45) is 4.74. The van der Waals surface area contributed by atoms with Crippen LogP contribution in [0.15, 0.2) is 24.3 Å². The highest BCUT2D eigenvalue weighted by molar-refractivity contribution is 7.98. The fourth-order valence-corrected chi connectivity index (χ4v) is 5.71. The molecule has 2 aromatic rings. The molecular weight excluding hydrogens is 444 g/mol. The van der Waals surface area contributed by atoms with Gasteiger partial charge < -0.3 is 20.1 Å². The van der Waals surface area contributed by atoms with Gasteiger partial charge in [0, 0.05) is 36.1 Å². The minimum Gasteiger partial charge on any atom is -0.351 e. The molecular formula is C24H33ClN4O2S. The first kappa shape index (κ1) is 22.1. The van der Waals surface area contributed by atoms with Crippen molar-refractivity contribution in [3.63, 3.8) is 0 Å². The summed E-state index contributed by atoms with van der Waals surface area (Å²) in [4.78, 5) is 33.7. The van der Waals surface area contributed by atoms with Crippen molar-refractivity contribution in [2.24, 2.45) is 11.8 Å². The van der Waals surface area contributed by atoms with Crippen molar-refractivity contribution in [1.82, 2.24) is 20.1 Å². The molecule has 1 atom stereocenters. The Morgan fingerprint density at radius 1 is 1.19 bits per heavy atom. The zero-order valence-corrected chi connectivity index (χ0v) is 20.2. The van der Waals surface area contributed by atoms with Gasteiger partial charge in [0.15, 0.2) is 0 Å². The number of rotatable bonds is 6. The Morgan fingerprint density at radius 3 is 2.56 bits per heavy atom. The Kier molecular flexibility index (Phi) is 7.25. The number of piperidine rings is 2. The van der Waals surface area contributed by atoms with Crippen LogP contribution in [-0.2, 0) is 4.79 Å². The molecule has 0 bridgehead atoms. The van der Waals surface area contributed by atoms with E-state index in [1.54, 1.807) is 18.2 Å². The summed E-state index contributed by atoms with van der Waals surface area (Å²) in [6.45, 7) is 3.84. The average Bonchev–Trinajstić information content (AvgIpc) is 3.25. The van der Waals surface area contributed by atoms with Gasteiger partial charge in [0.2, 0.25) is 5.91 Å². The van der Waals surface area contributed by atoms with E-state index in [2.05, 4.69) is 22.2 Å². The number of carbonyl (C=O) groups is 2. The van der Waals surface area contributed by atoms with Crippen LogP contribution in [0.2, 0.25) is 5.02 Å². The van der Waals surface area contributed by atoms with E-state index in [0.29, 0.717) is 22.4 Å². The maximum atomic E-state index is 13.3. The molecule has 32 heavy (non-hydrogen) atoms. The van der Waals surface area contributed by atoms with Crippen LogP contribution in [0.3, 0.4) is 0 Å². The number of nitrogens with zero attached hydrogens (tertiary/aromatic N) is 2. The molecule has 2 N–H and O–H groups in total. The number of halogens is 1. The van der Waals surface area contributed by atoms with Gasteiger partial charge in [-0.2, -0.15) is 11.8 Å². The molecule has 1 aromatic heterocycles. The number of carbonyl (C=O) groups excluding carboxylic acids is 2. The van der Waals surface area contributed by atoms with Crippen molar-refractivity contribution in [2.75, 3.05) is 45.2 Å². The molecule has 2 aliphatic heterocycles. The van der Waals surface area contributed by atoms with Crippen LogP contribution >= 0.6 is 23.4 Å². The van der Waals surface area contributed by atoms with Gasteiger partial charge in [0.1, 0.15) is 11.7 Å². The van der Waals surface area contributed by atoms with E-state index in [-0.39, 0.29) is 18.0 Å². The first-order valence-electron chi connectivity index (χ1n) is 12.1. The topological polar surface area (TPSA) is 68.4 Å². The Bertz CT molecular complexity index is 971. The zero-order valence-electron chi connectivity index (χ0n) is 19.6. The number of hydrogen-bond acceptors (Lipinski definition) is 4. The van der Waals surface area contributed by atoms with Crippen LogP contribution in [0.5, 0.6) is 0 Å². The Morgan fingerprint density at radius 2 is 1.88 bits per heavy atom. The largest absolute Gasteiger partial charge is 0.351 e. The van der Waals surface area contributed by atoms with Crippen LogP contribution in [0, 0.1) is 11.8 Å². The number of aromatic amines is 1. The van der Waals surface area contributed by atoms with E-state index in [1.165, 1.54) is 37.7 Å². The fourth-order valence-electron chi connectivity index (χ4n) is 5.07. The minimum absolute atomic E-state index is 0.0368. The van der Waals surface area contributed by atoms with Gasteiger partial charge in [-0.3, -0.25) is 9.59 Å². The molecule has 8 heteroatoms. The lowest BCUT2D eigenvalue weighted by Crippen LogP contribution is -2.52. The Labute approximate surface area is 200 Å². The number of amides is 2. The van der Waals surface area contributed by atoms with Gasteiger partial charge in [-0.15, -0.1) is 0 Å². The number of H-pyrrole nitrogens is 1. The van der Waals surface area contributed by atoms with Crippen molar-refractivity contribution < 1.29 is 11.0 Å². The van der Waals surface area contributed by atoms with E-state index in [4.69, 9.17) is 13.0 Å². The van der Waals surface area contributed by atoms with Gasteiger partial charge >= 0.3 is 0 Å². The van der Waals surface area contributed by atoms with E-state index in [9.17, 15) is 9.59 Å².